The van der Waals surface area contributed by atoms with Crippen LogP contribution >= 0.6 is 0 Å². The number of methoxy groups -OCH3 is 2. The van der Waals surface area contributed by atoms with E-state index >= 15 is 0 Å². The Morgan fingerprint density at radius 1 is 0.605 bits per heavy atom. The fourth-order valence-electron chi connectivity index (χ4n) is 4.63. The molecule has 43 heavy (non-hydrogen) atoms. The van der Waals surface area contributed by atoms with Crippen LogP contribution < -0.4 is 23.8 Å². The summed E-state index contributed by atoms with van der Waals surface area (Å²) >= 11 is 0. The molecule has 0 fully saturated rings. The van der Waals surface area contributed by atoms with Gasteiger partial charge >= 0.3 is 0 Å². The van der Waals surface area contributed by atoms with Crippen LogP contribution in [0.1, 0.15) is 11.1 Å². The molecule has 1 aromatic heterocycles. The molecule has 0 N–H and O–H groups in total. The van der Waals surface area contributed by atoms with Crippen molar-refractivity contribution in [1.29, 1.82) is 0 Å². The maximum absolute atomic E-state index is 6.05. The predicted molar refractivity (Wildman–Crippen MR) is 168 cm³/mol. The number of hydrogen-bond donors (Lipinski definition) is 0. The van der Waals surface area contributed by atoms with Crippen molar-refractivity contribution in [3.8, 4) is 28.7 Å². The molecule has 8 nitrogen and oxygen atoms in total. The first-order valence-electron chi connectivity index (χ1n) is 14.2. The minimum Gasteiger partial charge on any atom is -0.497 e. The average molecular weight is 580 g/mol. The van der Waals surface area contributed by atoms with Crippen LogP contribution in [0.2, 0.25) is 0 Å². The van der Waals surface area contributed by atoms with E-state index in [2.05, 4.69) is 58.5 Å². The molecule has 0 saturated heterocycles. The summed E-state index contributed by atoms with van der Waals surface area (Å²) in [6, 6.07) is 34.3. The summed E-state index contributed by atoms with van der Waals surface area (Å²) in [6.07, 6.45) is 3.72. The molecule has 0 radical (unpaired) electrons. The maximum atomic E-state index is 6.05. The van der Waals surface area contributed by atoms with Crippen molar-refractivity contribution in [2.24, 2.45) is 0 Å². The molecular weight excluding hydrogens is 542 g/mol. The number of aromatic nitrogens is 2. The predicted octanol–water partition coefficient (Wildman–Crippen LogP) is 6.57. The summed E-state index contributed by atoms with van der Waals surface area (Å²) in [5.41, 5.74) is 4.43. The minimum atomic E-state index is 0.438. The Morgan fingerprint density at radius 2 is 1.23 bits per heavy atom. The van der Waals surface area contributed by atoms with Crippen LogP contribution in [-0.2, 0) is 17.8 Å². The SMILES string of the molecule is COc1cccc(CN(Cc2ccc(-n3cccn3)cc2)c2cccc(OCCOCCOc3cccc(OC)c3)c2)c1. The lowest BCUT2D eigenvalue weighted by atomic mass is 10.1. The molecule has 0 aliphatic heterocycles. The van der Waals surface area contributed by atoms with Gasteiger partial charge in [-0.05, 0) is 65.7 Å². The number of hydrogen-bond acceptors (Lipinski definition) is 7. The van der Waals surface area contributed by atoms with Crippen LogP contribution in [0.25, 0.3) is 5.69 Å². The Labute approximate surface area is 253 Å². The van der Waals surface area contributed by atoms with Crippen molar-refractivity contribution in [3.63, 3.8) is 0 Å². The summed E-state index contributed by atoms with van der Waals surface area (Å²) in [6.45, 7) is 3.24. The molecule has 222 valence electrons. The molecule has 0 saturated carbocycles. The van der Waals surface area contributed by atoms with Gasteiger partial charge in [0.05, 0.1) is 33.1 Å². The van der Waals surface area contributed by atoms with Gasteiger partial charge in [-0.3, -0.25) is 0 Å². The normalized spacial score (nSPS) is 10.7. The second-order valence-corrected chi connectivity index (χ2v) is 9.81. The van der Waals surface area contributed by atoms with Gasteiger partial charge in [0.25, 0.3) is 0 Å². The molecule has 8 heteroatoms. The molecule has 0 amide bonds. The molecule has 5 aromatic rings. The van der Waals surface area contributed by atoms with E-state index < -0.39 is 0 Å². The van der Waals surface area contributed by atoms with Gasteiger partial charge in [-0.15, -0.1) is 0 Å². The Balaban J connectivity index is 1.18. The van der Waals surface area contributed by atoms with E-state index in [-0.39, 0.29) is 0 Å². The van der Waals surface area contributed by atoms with E-state index in [1.54, 1.807) is 20.4 Å². The number of ether oxygens (including phenoxy) is 5. The largest absolute Gasteiger partial charge is 0.497 e. The Bertz CT molecular complexity index is 1540. The number of rotatable bonds is 16. The van der Waals surface area contributed by atoms with Crippen LogP contribution in [-0.4, -0.2) is 50.4 Å². The van der Waals surface area contributed by atoms with Gasteiger partial charge in [0, 0.05) is 43.3 Å². The van der Waals surface area contributed by atoms with Crippen LogP contribution in [0.15, 0.2) is 116 Å². The van der Waals surface area contributed by atoms with Gasteiger partial charge in [-0.25, -0.2) is 4.68 Å². The fraction of sp³-hybridized carbons (Fsp3) is 0.229. The fourth-order valence-corrected chi connectivity index (χ4v) is 4.63. The molecule has 0 aliphatic rings. The summed E-state index contributed by atoms with van der Waals surface area (Å²) in [7, 11) is 3.33. The van der Waals surface area contributed by atoms with Crippen LogP contribution in [0.4, 0.5) is 5.69 Å². The van der Waals surface area contributed by atoms with Gasteiger partial charge in [0.2, 0.25) is 0 Å². The van der Waals surface area contributed by atoms with Gasteiger partial charge in [0.1, 0.15) is 36.2 Å². The first-order chi connectivity index (χ1) is 21.2. The molecule has 0 aliphatic carbocycles. The lowest BCUT2D eigenvalue weighted by Crippen LogP contribution is -2.22. The van der Waals surface area contributed by atoms with E-state index in [4.69, 9.17) is 23.7 Å². The van der Waals surface area contributed by atoms with E-state index in [0.717, 1.165) is 46.5 Å². The summed E-state index contributed by atoms with van der Waals surface area (Å²) in [5.74, 6) is 3.15. The molecule has 4 aromatic carbocycles. The monoisotopic (exact) mass is 579 g/mol. The van der Waals surface area contributed by atoms with E-state index in [0.29, 0.717) is 33.0 Å². The van der Waals surface area contributed by atoms with Crippen LogP contribution in [0, 0.1) is 0 Å². The molecule has 0 spiro atoms. The molecule has 1 heterocycles. The third-order valence-electron chi connectivity index (χ3n) is 6.80. The van der Waals surface area contributed by atoms with E-state index in [1.165, 1.54) is 5.56 Å². The molecule has 0 atom stereocenters. The van der Waals surface area contributed by atoms with Crippen molar-refractivity contribution < 1.29 is 23.7 Å². The van der Waals surface area contributed by atoms with Crippen molar-refractivity contribution in [3.05, 3.63) is 127 Å². The molecular formula is C35H37N3O5. The van der Waals surface area contributed by atoms with Gasteiger partial charge < -0.3 is 28.6 Å². The standard InChI is InChI=1S/C35H37N3O5/c1-39-32-9-3-7-29(23-32)27-37(26-28-13-15-30(16-14-28)38-18-6-17-36-38)31-8-4-11-34(24-31)42-21-19-41-20-22-43-35-12-5-10-33(25-35)40-2/h3-18,23-25H,19-22,26-27H2,1-2H3. The number of anilines is 1. The second-order valence-electron chi connectivity index (χ2n) is 9.81. The van der Waals surface area contributed by atoms with Gasteiger partial charge in [0.15, 0.2) is 0 Å². The topological polar surface area (TPSA) is 67.2 Å². The number of nitrogens with zero attached hydrogens (tertiary/aromatic N) is 3. The minimum absolute atomic E-state index is 0.438. The van der Waals surface area contributed by atoms with Gasteiger partial charge in [-0.1, -0.05) is 36.4 Å². The highest BCUT2D eigenvalue weighted by atomic mass is 16.5. The van der Waals surface area contributed by atoms with Crippen LogP contribution in [0.3, 0.4) is 0 Å². The van der Waals surface area contributed by atoms with Crippen LogP contribution in [0.5, 0.6) is 23.0 Å². The van der Waals surface area contributed by atoms with Gasteiger partial charge in [-0.2, -0.15) is 5.10 Å². The van der Waals surface area contributed by atoms with E-state index in [9.17, 15) is 0 Å². The molecule has 0 unspecified atom stereocenters. The second kappa shape index (κ2) is 15.3. The first kappa shape index (κ1) is 29.5. The summed E-state index contributed by atoms with van der Waals surface area (Å²) in [4.78, 5) is 2.33. The lowest BCUT2D eigenvalue weighted by Gasteiger charge is -2.26. The quantitative estimate of drug-likeness (QED) is 0.123. The lowest BCUT2D eigenvalue weighted by molar-refractivity contribution is 0.0764. The zero-order valence-corrected chi connectivity index (χ0v) is 24.6. The highest BCUT2D eigenvalue weighted by Crippen LogP contribution is 2.26. The Hall–Kier alpha value is -4.95. The molecule has 5 rings (SSSR count). The summed E-state index contributed by atoms with van der Waals surface area (Å²) < 4.78 is 30.0. The van der Waals surface area contributed by atoms with Crippen molar-refractivity contribution in [2.45, 2.75) is 13.1 Å². The van der Waals surface area contributed by atoms with Crippen molar-refractivity contribution in [1.82, 2.24) is 9.78 Å². The highest BCUT2D eigenvalue weighted by molar-refractivity contribution is 5.52. The Morgan fingerprint density at radius 3 is 1.93 bits per heavy atom. The zero-order valence-electron chi connectivity index (χ0n) is 24.6. The summed E-state index contributed by atoms with van der Waals surface area (Å²) in [5, 5.41) is 4.33. The maximum Gasteiger partial charge on any atom is 0.123 e. The van der Waals surface area contributed by atoms with Crippen molar-refractivity contribution >= 4 is 5.69 Å². The number of benzene rings is 4. The average Bonchev–Trinajstić information content (AvgIpc) is 3.60. The Kier molecular flexibility index (Phi) is 10.5. The third-order valence-corrected chi connectivity index (χ3v) is 6.80. The zero-order chi connectivity index (χ0) is 29.7. The molecule has 0 bridgehead atoms. The first-order valence-corrected chi connectivity index (χ1v) is 14.2. The highest BCUT2D eigenvalue weighted by Gasteiger charge is 2.11. The third kappa shape index (κ3) is 8.77. The van der Waals surface area contributed by atoms with E-state index in [1.807, 2.05) is 65.5 Å². The van der Waals surface area contributed by atoms with Crippen molar-refractivity contribution in [2.75, 3.05) is 45.5 Å². The smallest absolute Gasteiger partial charge is 0.123 e.